The lowest BCUT2D eigenvalue weighted by molar-refractivity contribution is 0.0523. The first-order chi connectivity index (χ1) is 11.2. The summed E-state index contributed by atoms with van der Waals surface area (Å²) < 4.78 is 6.42. The Labute approximate surface area is 133 Å². The Kier molecular flexibility index (Phi) is 4.05. The van der Waals surface area contributed by atoms with Crippen molar-refractivity contribution in [3.05, 3.63) is 60.3 Å². The summed E-state index contributed by atoms with van der Waals surface area (Å²) >= 11 is 0. The van der Waals surface area contributed by atoms with E-state index in [1.54, 1.807) is 19.2 Å². The molecule has 1 heterocycles. The Bertz CT molecular complexity index is 828. The molecule has 6 nitrogen and oxygen atoms in total. The van der Waals surface area contributed by atoms with Gasteiger partial charge in [0.25, 0.3) is 0 Å². The minimum atomic E-state index is -0.555. The number of esters is 1. The number of carbonyl (C=O) groups is 1. The van der Waals surface area contributed by atoms with E-state index < -0.39 is 5.97 Å². The number of carbonyl (C=O) groups excluding carboxylic acids is 1. The lowest BCUT2D eigenvalue weighted by Gasteiger charge is -2.06. The summed E-state index contributed by atoms with van der Waals surface area (Å²) in [6, 6.07) is 14.3. The second-order valence-electron chi connectivity index (χ2n) is 4.84. The predicted octanol–water partition coefficient (Wildman–Crippen LogP) is 2.82. The van der Waals surface area contributed by atoms with Gasteiger partial charge in [-0.05, 0) is 19.1 Å². The highest BCUT2D eigenvalue weighted by Gasteiger charge is 2.14. The number of ether oxygens (including phenoxy) is 1. The Morgan fingerprint density at radius 1 is 1.22 bits per heavy atom. The van der Waals surface area contributed by atoms with Gasteiger partial charge >= 0.3 is 5.97 Å². The van der Waals surface area contributed by atoms with Crippen LogP contribution in [0.4, 0.5) is 0 Å². The number of aromatic nitrogens is 3. The molecule has 0 aliphatic rings. The van der Waals surface area contributed by atoms with E-state index in [0.717, 1.165) is 11.3 Å². The third-order valence-electron chi connectivity index (χ3n) is 3.30. The van der Waals surface area contributed by atoms with Gasteiger partial charge in [0.15, 0.2) is 0 Å². The molecule has 0 fully saturated rings. The highest BCUT2D eigenvalue weighted by molar-refractivity contribution is 5.92. The highest BCUT2D eigenvalue weighted by Crippen LogP contribution is 2.23. The second kappa shape index (κ2) is 6.31. The van der Waals surface area contributed by atoms with Crippen LogP contribution >= 0.6 is 0 Å². The maximum atomic E-state index is 11.7. The van der Waals surface area contributed by atoms with Crippen molar-refractivity contribution >= 4 is 5.97 Å². The number of phenolic OH excluding ortho intramolecular Hbond substituents is 1. The molecular formula is C17H15N3O3. The van der Waals surface area contributed by atoms with E-state index in [0.29, 0.717) is 5.69 Å². The van der Waals surface area contributed by atoms with Crippen molar-refractivity contribution in [2.45, 2.75) is 6.92 Å². The van der Waals surface area contributed by atoms with E-state index in [1.807, 2.05) is 30.3 Å². The molecule has 2 aromatic carbocycles. The Balaban J connectivity index is 1.90. The van der Waals surface area contributed by atoms with Gasteiger partial charge < -0.3 is 9.84 Å². The normalized spacial score (nSPS) is 10.5. The van der Waals surface area contributed by atoms with Crippen LogP contribution in [0.2, 0.25) is 0 Å². The van der Waals surface area contributed by atoms with Crippen molar-refractivity contribution in [2.75, 3.05) is 6.61 Å². The summed E-state index contributed by atoms with van der Waals surface area (Å²) in [4.78, 5) is 11.7. The molecule has 23 heavy (non-hydrogen) atoms. The standard InChI is InChI=1S/C17H15N3O3/c1-2-23-17(22)14-9-8-13(10-16(14)21)20-11-15(18-19-20)12-6-4-3-5-7-12/h3-11,21H,2H2,1H3. The molecule has 1 N–H and O–H groups in total. The summed E-state index contributed by atoms with van der Waals surface area (Å²) in [5.41, 5.74) is 2.40. The van der Waals surface area contributed by atoms with Crippen molar-refractivity contribution in [3.63, 3.8) is 0 Å². The monoisotopic (exact) mass is 309 g/mol. The van der Waals surface area contributed by atoms with E-state index in [-0.39, 0.29) is 17.9 Å². The summed E-state index contributed by atoms with van der Waals surface area (Å²) in [6.07, 6.45) is 1.76. The minimum Gasteiger partial charge on any atom is -0.507 e. The predicted molar refractivity (Wildman–Crippen MR) is 84.4 cm³/mol. The molecule has 116 valence electrons. The molecule has 1 aromatic heterocycles. The van der Waals surface area contributed by atoms with Gasteiger partial charge in [-0.25, -0.2) is 9.48 Å². The average Bonchev–Trinajstić information content (AvgIpc) is 3.06. The Morgan fingerprint density at radius 3 is 2.70 bits per heavy atom. The quantitative estimate of drug-likeness (QED) is 0.750. The maximum absolute atomic E-state index is 11.7. The molecule has 6 heteroatoms. The summed E-state index contributed by atoms with van der Waals surface area (Å²) in [5.74, 6) is -0.710. The fourth-order valence-electron chi connectivity index (χ4n) is 2.18. The number of hydrogen-bond donors (Lipinski definition) is 1. The topological polar surface area (TPSA) is 77.2 Å². The average molecular weight is 309 g/mol. The smallest absolute Gasteiger partial charge is 0.341 e. The Hall–Kier alpha value is -3.15. The third-order valence-corrected chi connectivity index (χ3v) is 3.30. The number of hydrogen-bond acceptors (Lipinski definition) is 5. The molecule has 0 aliphatic carbocycles. The fraction of sp³-hybridized carbons (Fsp3) is 0.118. The van der Waals surface area contributed by atoms with Crippen molar-refractivity contribution in [3.8, 4) is 22.7 Å². The molecule has 0 amide bonds. The first kappa shape index (κ1) is 14.8. The molecular weight excluding hydrogens is 294 g/mol. The fourth-order valence-corrected chi connectivity index (χ4v) is 2.18. The minimum absolute atomic E-state index is 0.124. The molecule has 0 radical (unpaired) electrons. The highest BCUT2D eigenvalue weighted by atomic mass is 16.5. The summed E-state index contributed by atoms with van der Waals surface area (Å²) in [7, 11) is 0. The van der Waals surface area contributed by atoms with Crippen LogP contribution in [-0.4, -0.2) is 32.7 Å². The molecule has 0 saturated heterocycles. The van der Waals surface area contributed by atoms with E-state index in [1.165, 1.54) is 16.8 Å². The van der Waals surface area contributed by atoms with Crippen LogP contribution in [0.3, 0.4) is 0 Å². The van der Waals surface area contributed by atoms with Crippen molar-refractivity contribution in [2.24, 2.45) is 0 Å². The van der Waals surface area contributed by atoms with Crippen LogP contribution in [-0.2, 0) is 4.74 Å². The zero-order chi connectivity index (χ0) is 16.2. The molecule has 0 aliphatic heterocycles. The van der Waals surface area contributed by atoms with Gasteiger partial charge in [0.05, 0.1) is 18.5 Å². The van der Waals surface area contributed by atoms with Gasteiger partial charge in [0.1, 0.15) is 17.0 Å². The number of nitrogens with zero attached hydrogens (tertiary/aromatic N) is 3. The molecule has 0 spiro atoms. The second-order valence-corrected chi connectivity index (χ2v) is 4.84. The number of benzene rings is 2. The zero-order valence-electron chi connectivity index (χ0n) is 12.5. The SMILES string of the molecule is CCOC(=O)c1ccc(-n2cc(-c3ccccc3)nn2)cc1O. The Morgan fingerprint density at radius 2 is 2.00 bits per heavy atom. The number of phenols is 1. The van der Waals surface area contributed by atoms with Gasteiger partial charge in [-0.3, -0.25) is 0 Å². The lowest BCUT2D eigenvalue weighted by Crippen LogP contribution is -2.05. The third kappa shape index (κ3) is 3.06. The maximum Gasteiger partial charge on any atom is 0.341 e. The van der Waals surface area contributed by atoms with Gasteiger partial charge in [0, 0.05) is 11.6 Å². The summed E-state index contributed by atoms with van der Waals surface area (Å²) in [6.45, 7) is 1.97. The van der Waals surface area contributed by atoms with E-state index in [4.69, 9.17) is 4.74 Å². The van der Waals surface area contributed by atoms with Crippen LogP contribution in [0.1, 0.15) is 17.3 Å². The summed E-state index contributed by atoms with van der Waals surface area (Å²) in [5, 5.41) is 18.2. The first-order valence-corrected chi connectivity index (χ1v) is 7.17. The van der Waals surface area contributed by atoms with Crippen LogP contribution in [0.5, 0.6) is 5.75 Å². The molecule has 0 saturated carbocycles. The van der Waals surface area contributed by atoms with Crippen molar-refractivity contribution in [1.29, 1.82) is 0 Å². The molecule has 3 rings (SSSR count). The largest absolute Gasteiger partial charge is 0.507 e. The molecule has 0 unspecified atom stereocenters. The van der Waals surface area contributed by atoms with Crippen LogP contribution < -0.4 is 0 Å². The number of rotatable bonds is 4. The first-order valence-electron chi connectivity index (χ1n) is 7.17. The van der Waals surface area contributed by atoms with Crippen molar-refractivity contribution in [1.82, 2.24) is 15.0 Å². The van der Waals surface area contributed by atoms with Gasteiger partial charge in [-0.1, -0.05) is 35.5 Å². The van der Waals surface area contributed by atoms with Gasteiger partial charge in [-0.2, -0.15) is 0 Å². The molecule has 3 aromatic rings. The van der Waals surface area contributed by atoms with Gasteiger partial charge in [-0.15, -0.1) is 5.10 Å². The van der Waals surface area contributed by atoms with E-state index >= 15 is 0 Å². The van der Waals surface area contributed by atoms with Crippen LogP contribution in [0.15, 0.2) is 54.7 Å². The molecule has 0 atom stereocenters. The van der Waals surface area contributed by atoms with E-state index in [9.17, 15) is 9.90 Å². The number of aromatic hydroxyl groups is 1. The van der Waals surface area contributed by atoms with Gasteiger partial charge in [0.2, 0.25) is 0 Å². The lowest BCUT2D eigenvalue weighted by atomic mass is 10.1. The van der Waals surface area contributed by atoms with E-state index in [2.05, 4.69) is 10.3 Å². The molecule has 0 bridgehead atoms. The zero-order valence-corrected chi connectivity index (χ0v) is 12.5. The van der Waals surface area contributed by atoms with Crippen molar-refractivity contribution < 1.29 is 14.6 Å². The van der Waals surface area contributed by atoms with Crippen LogP contribution in [0, 0.1) is 0 Å². The van der Waals surface area contributed by atoms with Crippen LogP contribution in [0.25, 0.3) is 16.9 Å².